The molecule has 0 atom stereocenters. The number of fused-ring (bicyclic) bond motifs is 1. The highest BCUT2D eigenvalue weighted by atomic mass is 32.1. The van der Waals surface area contributed by atoms with E-state index < -0.39 is 0 Å². The van der Waals surface area contributed by atoms with Crippen LogP contribution in [0.5, 0.6) is 0 Å². The third-order valence-corrected chi connectivity index (χ3v) is 4.01. The van der Waals surface area contributed by atoms with Crippen LogP contribution in [-0.4, -0.2) is 23.6 Å². The Morgan fingerprint density at radius 3 is 2.80 bits per heavy atom. The van der Waals surface area contributed by atoms with Crippen LogP contribution < -0.4 is 10.6 Å². The molecule has 0 fully saturated rings. The first-order chi connectivity index (χ1) is 9.86. The van der Waals surface area contributed by atoms with E-state index in [0.29, 0.717) is 5.95 Å². The Morgan fingerprint density at radius 2 is 2.00 bits per heavy atom. The van der Waals surface area contributed by atoms with Gasteiger partial charge in [0, 0.05) is 23.9 Å². The lowest BCUT2D eigenvalue weighted by Gasteiger charge is -2.09. The van der Waals surface area contributed by atoms with Crippen LogP contribution in [0.25, 0.3) is 10.9 Å². The van der Waals surface area contributed by atoms with Crippen molar-refractivity contribution in [3.8, 4) is 0 Å². The molecule has 1 aromatic carbocycles. The van der Waals surface area contributed by atoms with Crippen molar-refractivity contribution in [2.24, 2.45) is 0 Å². The van der Waals surface area contributed by atoms with Gasteiger partial charge in [-0.1, -0.05) is 18.2 Å². The van der Waals surface area contributed by atoms with Crippen molar-refractivity contribution >= 4 is 34.0 Å². The first-order valence-electron chi connectivity index (χ1n) is 6.57. The topological polar surface area (TPSA) is 49.8 Å². The average molecular weight is 284 g/mol. The molecule has 4 nitrogen and oxygen atoms in total. The molecule has 2 N–H and O–H groups in total. The van der Waals surface area contributed by atoms with Gasteiger partial charge in [0.05, 0.1) is 5.52 Å². The number of nitrogens with zero attached hydrogens (tertiary/aromatic N) is 2. The van der Waals surface area contributed by atoms with Gasteiger partial charge in [0.15, 0.2) is 0 Å². The Labute approximate surface area is 121 Å². The van der Waals surface area contributed by atoms with Crippen LogP contribution in [0.15, 0.2) is 41.8 Å². The fraction of sp³-hybridized carbons (Fsp3) is 0.200. The SMILES string of the molecule is CNc1nc(NCCc2cccs2)nc2ccccc12. The van der Waals surface area contributed by atoms with Gasteiger partial charge in [0.2, 0.25) is 5.95 Å². The largest absolute Gasteiger partial charge is 0.372 e. The maximum absolute atomic E-state index is 4.54. The van der Waals surface area contributed by atoms with Crippen LogP contribution in [-0.2, 0) is 6.42 Å². The predicted octanol–water partition coefficient (Wildman–Crippen LogP) is 3.39. The summed E-state index contributed by atoms with van der Waals surface area (Å²) in [5.41, 5.74) is 0.950. The molecule has 0 aliphatic heterocycles. The van der Waals surface area contributed by atoms with Crippen LogP contribution >= 0.6 is 11.3 Å². The van der Waals surface area contributed by atoms with Gasteiger partial charge >= 0.3 is 0 Å². The second kappa shape index (κ2) is 5.88. The molecule has 0 bridgehead atoms. The zero-order valence-electron chi connectivity index (χ0n) is 11.3. The van der Waals surface area contributed by atoms with E-state index in [-0.39, 0.29) is 0 Å². The number of hydrogen-bond acceptors (Lipinski definition) is 5. The van der Waals surface area contributed by atoms with Crippen molar-refractivity contribution in [3.63, 3.8) is 0 Å². The molecule has 2 aromatic heterocycles. The summed E-state index contributed by atoms with van der Waals surface area (Å²) in [6, 6.07) is 12.2. The standard InChI is InChI=1S/C15H16N4S/c1-16-14-12-6-2-3-7-13(12)18-15(19-14)17-9-8-11-5-4-10-20-11/h2-7,10H,8-9H2,1H3,(H2,16,17,18,19). The second-order valence-electron chi connectivity index (χ2n) is 4.42. The Morgan fingerprint density at radius 1 is 1.10 bits per heavy atom. The normalized spacial score (nSPS) is 10.7. The zero-order chi connectivity index (χ0) is 13.8. The fourth-order valence-corrected chi connectivity index (χ4v) is 2.81. The lowest BCUT2D eigenvalue weighted by atomic mass is 10.2. The zero-order valence-corrected chi connectivity index (χ0v) is 12.1. The lowest BCUT2D eigenvalue weighted by molar-refractivity contribution is 1.01. The summed E-state index contributed by atoms with van der Waals surface area (Å²) >= 11 is 1.78. The number of rotatable bonds is 5. The highest BCUT2D eigenvalue weighted by molar-refractivity contribution is 7.09. The number of benzene rings is 1. The maximum atomic E-state index is 4.54. The van der Waals surface area contributed by atoms with Gasteiger partial charge < -0.3 is 10.6 Å². The molecule has 20 heavy (non-hydrogen) atoms. The van der Waals surface area contributed by atoms with Crippen molar-refractivity contribution in [1.82, 2.24) is 9.97 Å². The minimum absolute atomic E-state index is 0.671. The first kappa shape index (κ1) is 12.9. The van der Waals surface area contributed by atoms with Crippen molar-refractivity contribution in [2.75, 3.05) is 24.2 Å². The molecule has 0 saturated heterocycles. The monoisotopic (exact) mass is 284 g/mol. The highest BCUT2D eigenvalue weighted by Crippen LogP contribution is 2.21. The Bertz CT molecular complexity index is 694. The molecular weight excluding hydrogens is 268 g/mol. The summed E-state index contributed by atoms with van der Waals surface area (Å²) in [6.45, 7) is 0.835. The van der Waals surface area contributed by atoms with Crippen molar-refractivity contribution in [2.45, 2.75) is 6.42 Å². The molecule has 5 heteroatoms. The van der Waals surface area contributed by atoms with Gasteiger partial charge in [-0.2, -0.15) is 4.98 Å². The molecule has 3 rings (SSSR count). The summed E-state index contributed by atoms with van der Waals surface area (Å²) in [4.78, 5) is 10.4. The maximum Gasteiger partial charge on any atom is 0.225 e. The molecule has 0 spiro atoms. The van der Waals surface area contributed by atoms with Crippen LogP contribution in [0, 0.1) is 0 Å². The molecule has 2 heterocycles. The minimum Gasteiger partial charge on any atom is -0.372 e. The van der Waals surface area contributed by atoms with Gasteiger partial charge in [0.1, 0.15) is 5.82 Å². The molecule has 0 aliphatic rings. The Kier molecular flexibility index (Phi) is 3.78. The highest BCUT2D eigenvalue weighted by Gasteiger charge is 2.05. The van der Waals surface area contributed by atoms with E-state index in [0.717, 1.165) is 29.7 Å². The van der Waals surface area contributed by atoms with E-state index in [1.165, 1.54) is 4.88 Å². The predicted molar refractivity (Wildman–Crippen MR) is 85.6 cm³/mol. The van der Waals surface area contributed by atoms with E-state index in [9.17, 15) is 0 Å². The third kappa shape index (κ3) is 2.72. The molecular formula is C15H16N4S. The molecule has 0 aliphatic carbocycles. The number of aromatic nitrogens is 2. The van der Waals surface area contributed by atoms with Gasteiger partial charge in [-0.15, -0.1) is 11.3 Å². The third-order valence-electron chi connectivity index (χ3n) is 3.07. The van der Waals surface area contributed by atoms with Gasteiger partial charge in [-0.25, -0.2) is 4.98 Å². The van der Waals surface area contributed by atoms with Gasteiger partial charge in [0.25, 0.3) is 0 Å². The smallest absolute Gasteiger partial charge is 0.225 e. The van der Waals surface area contributed by atoms with Crippen LogP contribution in [0.3, 0.4) is 0 Å². The van der Waals surface area contributed by atoms with Crippen LogP contribution in [0.2, 0.25) is 0 Å². The van der Waals surface area contributed by atoms with Crippen LogP contribution in [0.4, 0.5) is 11.8 Å². The Balaban J connectivity index is 1.77. The molecule has 0 unspecified atom stereocenters. The van der Waals surface area contributed by atoms with E-state index in [1.807, 2.05) is 31.3 Å². The van der Waals surface area contributed by atoms with Crippen molar-refractivity contribution in [3.05, 3.63) is 46.7 Å². The molecule has 0 amide bonds. The average Bonchev–Trinajstić information content (AvgIpc) is 2.99. The number of hydrogen-bond donors (Lipinski definition) is 2. The summed E-state index contributed by atoms with van der Waals surface area (Å²) in [7, 11) is 1.88. The number of anilines is 2. The number of nitrogens with one attached hydrogen (secondary N) is 2. The summed E-state index contributed by atoms with van der Waals surface area (Å²) in [5.74, 6) is 1.53. The molecule has 3 aromatic rings. The van der Waals surface area contributed by atoms with E-state index in [4.69, 9.17) is 0 Å². The van der Waals surface area contributed by atoms with Gasteiger partial charge in [-0.3, -0.25) is 0 Å². The first-order valence-corrected chi connectivity index (χ1v) is 7.45. The summed E-state index contributed by atoms with van der Waals surface area (Å²) in [5, 5.41) is 9.56. The van der Waals surface area contributed by atoms with E-state index in [1.54, 1.807) is 11.3 Å². The quantitative estimate of drug-likeness (QED) is 0.754. The number of para-hydroxylation sites is 1. The van der Waals surface area contributed by atoms with E-state index in [2.05, 4.69) is 38.1 Å². The van der Waals surface area contributed by atoms with Crippen LogP contribution in [0.1, 0.15) is 4.88 Å². The van der Waals surface area contributed by atoms with Crippen molar-refractivity contribution < 1.29 is 0 Å². The lowest BCUT2D eigenvalue weighted by Crippen LogP contribution is -2.08. The summed E-state index contributed by atoms with van der Waals surface area (Å²) in [6.07, 6.45) is 0.989. The Hall–Kier alpha value is -2.14. The summed E-state index contributed by atoms with van der Waals surface area (Å²) < 4.78 is 0. The second-order valence-corrected chi connectivity index (χ2v) is 5.45. The molecule has 102 valence electrons. The minimum atomic E-state index is 0.671. The van der Waals surface area contributed by atoms with Gasteiger partial charge in [-0.05, 0) is 30.0 Å². The van der Waals surface area contributed by atoms with Crippen molar-refractivity contribution in [1.29, 1.82) is 0 Å². The number of thiophene rings is 1. The van der Waals surface area contributed by atoms with E-state index >= 15 is 0 Å². The molecule has 0 saturated carbocycles. The fourth-order valence-electron chi connectivity index (χ4n) is 2.10. The molecule has 0 radical (unpaired) electrons.